The lowest BCUT2D eigenvalue weighted by molar-refractivity contribution is -0.121. The quantitative estimate of drug-likeness (QED) is 0.676. The van der Waals surface area contributed by atoms with Gasteiger partial charge in [-0.1, -0.05) is 12.1 Å². The van der Waals surface area contributed by atoms with Crippen LogP contribution in [-0.4, -0.2) is 41.2 Å². The van der Waals surface area contributed by atoms with E-state index in [1.165, 1.54) is 12.1 Å². The van der Waals surface area contributed by atoms with Crippen LogP contribution in [0.5, 0.6) is 17.2 Å². The number of carbonyl (C=O) groups excluding carboxylic acids is 1. The second-order valence-corrected chi connectivity index (χ2v) is 8.20. The summed E-state index contributed by atoms with van der Waals surface area (Å²) in [6.45, 7) is 1.35. The highest BCUT2D eigenvalue weighted by atomic mass is 32.2. The summed E-state index contributed by atoms with van der Waals surface area (Å²) in [5.74, 6) is 1.42. The number of methoxy groups -OCH3 is 1. The van der Waals surface area contributed by atoms with Crippen LogP contribution >= 0.6 is 0 Å². The zero-order valence-electron chi connectivity index (χ0n) is 16.1. The van der Waals surface area contributed by atoms with E-state index in [9.17, 15) is 13.2 Å². The van der Waals surface area contributed by atoms with Gasteiger partial charge < -0.3 is 19.5 Å². The molecular weight excluding hydrogens is 396 g/mol. The molecule has 9 heteroatoms. The number of rotatable bonds is 8. The number of fused-ring (bicyclic) bond motifs is 1. The Balaban J connectivity index is 1.48. The molecule has 0 radical (unpaired) electrons. The van der Waals surface area contributed by atoms with E-state index < -0.39 is 10.0 Å². The molecule has 0 saturated carbocycles. The summed E-state index contributed by atoms with van der Waals surface area (Å²) in [5, 5.41) is 2.76. The Hall–Kier alpha value is -2.78. The second kappa shape index (κ2) is 9.62. The Morgan fingerprint density at radius 2 is 1.79 bits per heavy atom. The van der Waals surface area contributed by atoms with Crippen molar-refractivity contribution in [2.24, 2.45) is 0 Å². The zero-order chi connectivity index (χ0) is 20.7. The molecule has 0 bridgehead atoms. The fourth-order valence-electron chi connectivity index (χ4n) is 2.73. The van der Waals surface area contributed by atoms with Crippen molar-refractivity contribution in [3.8, 4) is 17.2 Å². The minimum atomic E-state index is -3.76. The number of sulfonamides is 1. The summed E-state index contributed by atoms with van der Waals surface area (Å²) < 4.78 is 43.5. The van der Waals surface area contributed by atoms with Crippen LogP contribution in [0.15, 0.2) is 47.4 Å². The molecule has 1 amide bonds. The molecule has 2 aromatic rings. The van der Waals surface area contributed by atoms with Crippen LogP contribution in [0.4, 0.5) is 0 Å². The number of amides is 1. The Morgan fingerprint density at radius 3 is 2.52 bits per heavy atom. The van der Waals surface area contributed by atoms with E-state index in [1.807, 2.05) is 24.3 Å². The van der Waals surface area contributed by atoms with E-state index in [0.29, 0.717) is 31.3 Å². The molecule has 1 aliphatic heterocycles. The summed E-state index contributed by atoms with van der Waals surface area (Å²) in [6.07, 6.45) is 0.764. The third-order valence-electron chi connectivity index (χ3n) is 4.32. The average Bonchev–Trinajstić information content (AvgIpc) is 2.97. The first kappa shape index (κ1) is 20.9. The lowest BCUT2D eigenvalue weighted by atomic mass is 10.2. The van der Waals surface area contributed by atoms with Crippen molar-refractivity contribution in [2.45, 2.75) is 24.3 Å². The molecule has 1 aliphatic rings. The van der Waals surface area contributed by atoms with Crippen LogP contribution in [0.25, 0.3) is 0 Å². The molecule has 3 rings (SSSR count). The SMILES string of the molecule is COc1ccc(CNC(=O)CCNS(=O)(=O)c2ccc3c(c2)OCCCO3)cc1. The van der Waals surface area contributed by atoms with Gasteiger partial charge in [0.15, 0.2) is 11.5 Å². The van der Waals surface area contributed by atoms with Crippen LogP contribution in [0.3, 0.4) is 0 Å². The van der Waals surface area contributed by atoms with Crippen molar-refractivity contribution in [1.29, 1.82) is 0 Å². The van der Waals surface area contributed by atoms with Gasteiger partial charge in [-0.05, 0) is 29.8 Å². The fourth-order valence-corrected chi connectivity index (χ4v) is 3.77. The van der Waals surface area contributed by atoms with Gasteiger partial charge in [0.05, 0.1) is 25.2 Å². The van der Waals surface area contributed by atoms with Gasteiger partial charge in [-0.3, -0.25) is 4.79 Å². The zero-order valence-corrected chi connectivity index (χ0v) is 17.0. The lowest BCUT2D eigenvalue weighted by Crippen LogP contribution is -2.30. The maximum absolute atomic E-state index is 12.5. The lowest BCUT2D eigenvalue weighted by Gasteiger charge is -2.11. The number of benzene rings is 2. The molecule has 8 nitrogen and oxygen atoms in total. The van der Waals surface area contributed by atoms with Gasteiger partial charge in [-0.15, -0.1) is 0 Å². The van der Waals surface area contributed by atoms with Crippen LogP contribution in [0, 0.1) is 0 Å². The number of nitrogens with one attached hydrogen (secondary N) is 2. The van der Waals surface area contributed by atoms with Crippen molar-refractivity contribution >= 4 is 15.9 Å². The van der Waals surface area contributed by atoms with Gasteiger partial charge in [0, 0.05) is 32.0 Å². The molecule has 0 atom stereocenters. The van der Waals surface area contributed by atoms with E-state index in [1.54, 1.807) is 13.2 Å². The molecule has 0 aliphatic carbocycles. The molecule has 29 heavy (non-hydrogen) atoms. The van der Waals surface area contributed by atoms with Gasteiger partial charge >= 0.3 is 0 Å². The normalized spacial score (nSPS) is 13.4. The smallest absolute Gasteiger partial charge is 0.240 e. The van der Waals surface area contributed by atoms with Gasteiger partial charge in [0.2, 0.25) is 15.9 Å². The van der Waals surface area contributed by atoms with Gasteiger partial charge in [0.25, 0.3) is 0 Å². The number of carbonyl (C=O) groups is 1. The highest BCUT2D eigenvalue weighted by Gasteiger charge is 2.18. The van der Waals surface area contributed by atoms with E-state index >= 15 is 0 Å². The van der Waals surface area contributed by atoms with Crippen LogP contribution in [-0.2, 0) is 21.4 Å². The summed E-state index contributed by atoms with van der Waals surface area (Å²) in [4.78, 5) is 12.1. The molecule has 0 saturated heterocycles. The highest BCUT2D eigenvalue weighted by Crippen LogP contribution is 2.31. The first-order valence-electron chi connectivity index (χ1n) is 9.27. The summed E-state index contributed by atoms with van der Waals surface area (Å²) in [5.41, 5.74) is 0.923. The van der Waals surface area contributed by atoms with Gasteiger partial charge in [0.1, 0.15) is 5.75 Å². The van der Waals surface area contributed by atoms with Crippen molar-refractivity contribution < 1.29 is 27.4 Å². The summed E-state index contributed by atoms with van der Waals surface area (Å²) in [7, 11) is -2.17. The van der Waals surface area contributed by atoms with Gasteiger partial charge in [-0.2, -0.15) is 0 Å². The Kier molecular flexibility index (Phi) is 6.95. The van der Waals surface area contributed by atoms with Gasteiger partial charge in [-0.25, -0.2) is 13.1 Å². The molecule has 2 N–H and O–H groups in total. The van der Waals surface area contributed by atoms with Crippen LogP contribution < -0.4 is 24.2 Å². The molecule has 0 unspecified atom stereocenters. The Labute approximate surface area is 170 Å². The molecule has 1 heterocycles. The maximum Gasteiger partial charge on any atom is 0.240 e. The topological polar surface area (TPSA) is 103 Å². The summed E-state index contributed by atoms with van der Waals surface area (Å²) in [6, 6.07) is 11.8. The Bertz CT molecular complexity index is 944. The predicted octanol–water partition coefficient (Wildman–Crippen LogP) is 1.84. The summed E-state index contributed by atoms with van der Waals surface area (Å²) >= 11 is 0. The minimum absolute atomic E-state index is 0.00871. The van der Waals surface area contributed by atoms with E-state index in [-0.39, 0.29) is 23.8 Å². The van der Waals surface area contributed by atoms with E-state index in [0.717, 1.165) is 17.7 Å². The monoisotopic (exact) mass is 420 g/mol. The minimum Gasteiger partial charge on any atom is -0.497 e. The van der Waals surface area contributed by atoms with Crippen LogP contribution in [0.1, 0.15) is 18.4 Å². The Morgan fingerprint density at radius 1 is 1.07 bits per heavy atom. The molecule has 0 aromatic heterocycles. The molecule has 0 spiro atoms. The highest BCUT2D eigenvalue weighted by molar-refractivity contribution is 7.89. The first-order chi connectivity index (χ1) is 14.0. The molecule has 2 aromatic carbocycles. The maximum atomic E-state index is 12.5. The number of hydrogen-bond donors (Lipinski definition) is 2. The number of hydrogen-bond acceptors (Lipinski definition) is 6. The predicted molar refractivity (Wildman–Crippen MR) is 107 cm³/mol. The molecule has 0 fully saturated rings. The largest absolute Gasteiger partial charge is 0.497 e. The number of ether oxygens (including phenoxy) is 3. The van der Waals surface area contributed by atoms with Crippen molar-refractivity contribution in [2.75, 3.05) is 26.9 Å². The van der Waals surface area contributed by atoms with E-state index in [2.05, 4.69) is 10.0 Å². The first-order valence-corrected chi connectivity index (χ1v) is 10.8. The molecule has 156 valence electrons. The van der Waals surface area contributed by atoms with Crippen molar-refractivity contribution in [1.82, 2.24) is 10.0 Å². The standard InChI is InChI=1S/C20H24N2O6S/c1-26-16-5-3-15(4-6-16)14-21-20(23)9-10-22-29(24,25)17-7-8-18-19(13-17)28-12-2-11-27-18/h3-8,13,22H,2,9-12,14H2,1H3,(H,21,23). The van der Waals surface area contributed by atoms with E-state index in [4.69, 9.17) is 14.2 Å². The van der Waals surface area contributed by atoms with Crippen molar-refractivity contribution in [3.05, 3.63) is 48.0 Å². The third kappa shape index (κ3) is 5.85. The third-order valence-corrected chi connectivity index (χ3v) is 5.78. The van der Waals surface area contributed by atoms with Crippen LogP contribution in [0.2, 0.25) is 0 Å². The second-order valence-electron chi connectivity index (χ2n) is 6.43. The fraction of sp³-hybridized carbons (Fsp3) is 0.350. The molecular formula is C20H24N2O6S. The average molecular weight is 420 g/mol. The van der Waals surface area contributed by atoms with Crippen molar-refractivity contribution in [3.63, 3.8) is 0 Å².